The van der Waals surface area contributed by atoms with Gasteiger partial charge in [0.05, 0.1) is 28.5 Å². The Morgan fingerprint density at radius 2 is 1.95 bits per heavy atom. The predicted octanol–water partition coefficient (Wildman–Crippen LogP) is 2.77. The van der Waals surface area contributed by atoms with Crippen LogP contribution in [-0.2, 0) is 16.6 Å². The zero-order chi connectivity index (χ0) is 14.9. The number of aromatic nitrogens is 2. The summed E-state index contributed by atoms with van der Waals surface area (Å²) >= 11 is 15.1. The lowest BCUT2D eigenvalue weighted by atomic mass is 10.3. The Labute approximate surface area is 133 Å². The Hall–Kier alpha value is -0.800. The summed E-state index contributed by atoms with van der Waals surface area (Å²) in [6.45, 7) is -0.464. The van der Waals surface area contributed by atoms with Crippen LogP contribution in [0.15, 0.2) is 27.8 Å². The van der Waals surface area contributed by atoms with Gasteiger partial charge in [0.1, 0.15) is 0 Å². The summed E-state index contributed by atoms with van der Waals surface area (Å²) in [6.07, 6.45) is 1.22. The van der Waals surface area contributed by atoms with E-state index >= 15 is 0 Å². The lowest BCUT2D eigenvalue weighted by molar-refractivity contribution is 0.278. The summed E-state index contributed by atoms with van der Waals surface area (Å²) in [5.41, 5.74) is 0.192. The Kier molecular flexibility index (Phi) is 4.60. The van der Waals surface area contributed by atoms with Crippen LogP contribution in [0.1, 0.15) is 5.56 Å². The maximum atomic E-state index is 12.2. The van der Waals surface area contributed by atoms with Crippen LogP contribution in [0.25, 0.3) is 0 Å². The van der Waals surface area contributed by atoms with Crippen molar-refractivity contribution in [3.05, 3.63) is 38.4 Å². The third-order valence-electron chi connectivity index (χ3n) is 2.36. The minimum atomic E-state index is -3.98. The second kappa shape index (κ2) is 5.90. The van der Waals surface area contributed by atoms with Crippen molar-refractivity contribution in [2.45, 2.75) is 11.6 Å². The highest BCUT2D eigenvalue weighted by Gasteiger charge is 2.23. The van der Waals surface area contributed by atoms with Gasteiger partial charge < -0.3 is 5.11 Å². The molecule has 2 rings (SSSR count). The minimum absolute atomic E-state index is 0.0509. The number of aliphatic hydroxyl groups excluding tert-OH is 1. The fourth-order valence-corrected chi connectivity index (χ4v) is 4.11. The van der Waals surface area contributed by atoms with Gasteiger partial charge in [-0.1, -0.05) is 39.1 Å². The highest BCUT2D eigenvalue weighted by molar-refractivity contribution is 9.10. The van der Waals surface area contributed by atoms with E-state index in [4.69, 9.17) is 28.3 Å². The van der Waals surface area contributed by atoms with Crippen molar-refractivity contribution < 1.29 is 13.5 Å². The third kappa shape index (κ3) is 3.09. The first-order valence-corrected chi connectivity index (χ1v) is 8.19. The van der Waals surface area contributed by atoms with E-state index < -0.39 is 16.6 Å². The van der Waals surface area contributed by atoms with E-state index in [9.17, 15) is 8.42 Å². The number of aliphatic hydroxyl groups is 1. The molecule has 2 aromatic rings. The molecule has 1 aromatic carbocycles. The Morgan fingerprint density at radius 3 is 2.50 bits per heavy atom. The molecule has 108 valence electrons. The summed E-state index contributed by atoms with van der Waals surface area (Å²) in [6, 6.07) is 3.01. The SMILES string of the molecule is O=S(=O)(Nc1c(Cl)cc(Br)cc1Cl)c1[nH]ncc1CO. The molecule has 0 spiro atoms. The van der Waals surface area contributed by atoms with E-state index in [0.29, 0.717) is 4.47 Å². The molecule has 0 aliphatic rings. The number of aromatic amines is 1. The van der Waals surface area contributed by atoms with Crippen molar-refractivity contribution in [1.82, 2.24) is 10.2 Å². The molecule has 0 unspecified atom stereocenters. The van der Waals surface area contributed by atoms with Gasteiger partial charge in [0, 0.05) is 10.0 Å². The highest BCUT2D eigenvalue weighted by atomic mass is 79.9. The smallest absolute Gasteiger partial charge is 0.279 e. The normalized spacial score (nSPS) is 11.6. The third-order valence-corrected chi connectivity index (χ3v) is 4.78. The van der Waals surface area contributed by atoms with Gasteiger partial charge in [-0.25, -0.2) is 0 Å². The lowest BCUT2D eigenvalue weighted by Gasteiger charge is -2.11. The first kappa shape index (κ1) is 15.6. The van der Waals surface area contributed by atoms with Gasteiger partial charge in [0.15, 0.2) is 5.03 Å². The first-order chi connectivity index (χ1) is 9.35. The summed E-state index contributed by atoms with van der Waals surface area (Å²) < 4.78 is 27.3. The van der Waals surface area contributed by atoms with E-state index in [2.05, 4.69) is 30.8 Å². The largest absolute Gasteiger partial charge is 0.392 e. The summed E-state index contributed by atoms with van der Waals surface area (Å²) in [5.74, 6) is 0. The van der Waals surface area contributed by atoms with Crippen LogP contribution in [0.4, 0.5) is 5.69 Å². The zero-order valence-electron chi connectivity index (χ0n) is 9.69. The monoisotopic (exact) mass is 399 g/mol. The molecule has 0 aliphatic carbocycles. The summed E-state index contributed by atoms with van der Waals surface area (Å²) in [7, 11) is -3.98. The molecule has 0 amide bonds. The van der Waals surface area contributed by atoms with Gasteiger partial charge in [-0.05, 0) is 12.1 Å². The van der Waals surface area contributed by atoms with Crippen molar-refractivity contribution >= 4 is 54.8 Å². The Balaban J connectivity index is 2.44. The fraction of sp³-hybridized carbons (Fsp3) is 0.100. The maximum Gasteiger partial charge on any atom is 0.279 e. The molecule has 0 fully saturated rings. The number of hydrogen-bond donors (Lipinski definition) is 3. The van der Waals surface area contributed by atoms with Crippen LogP contribution in [0, 0.1) is 0 Å². The quantitative estimate of drug-likeness (QED) is 0.735. The minimum Gasteiger partial charge on any atom is -0.392 e. The van der Waals surface area contributed by atoms with E-state index in [0.717, 1.165) is 0 Å². The van der Waals surface area contributed by atoms with Gasteiger partial charge in [-0.2, -0.15) is 13.5 Å². The van der Waals surface area contributed by atoms with Crippen LogP contribution >= 0.6 is 39.1 Å². The van der Waals surface area contributed by atoms with Gasteiger partial charge in [-0.3, -0.25) is 9.82 Å². The average Bonchev–Trinajstić information content (AvgIpc) is 2.83. The average molecular weight is 401 g/mol. The molecule has 1 heterocycles. The summed E-state index contributed by atoms with van der Waals surface area (Å²) in [4.78, 5) is 0. The zero-order valence-corrected chi connectivity index (χ0v) is 13.6. The molecule has 0 aliphatic heterocycles. The molecule has 1 aromatic heterocycles. The van der Waals surface area contributed by atoms with Crippen LogP contribution < -0.4 is 4.72 Å². The molecule has 10 heteroatoms. The van der Waals surface area contributed by atoms with Crippen LogP contribution in [0.3, 0.4) is 0 Å². The van der Waals surface area contributed by atoms with Crippen LogP contribution in [0.5, 0.6) is 0 Å². The topological polar surface area (TPSA) is 95.1 Å². The highest BCUT2D eigenvalue weighted by Crippen LogP contribution is 2.35. The van der Waals surface area contributed by atoms with Crippen molar-refractivity contribution in [2.24, 2.45) is 0 Å². The summed E-state index contributed by atoms with van der Waals surface area (Å²) in [5, 5.41) is 15.0. The second-order valence-electron chi connectivity index (χ2n) is 3.73. The molecule has 0 radical (unpaired) electrons. The van der Waals surface area contributed by atoms with Crippen molar-refractivity contribution in [3.8, 4) is 0 Å². The Bertz CT molecular complexity index is 725. The van der Waals surface area contributed by atoms with E-state index in [1.165, 1.54) is 18.3 Å². The molecule has 0 saturated carbocycles. The number of hydrogen-bond acceptors (Lipinski definition) is 4. The van der Waals surface area contributed by atoms with Crippen molar-refractivity contribution in [2.75, 3.05) is 4.72 Å². The first-order valence-electron chi connectivity index (χ1n) is 5.15. The maximum absolute atomic E-state index is 12.2. The van der Waals surface area contributed by atoms with E-state index in [-0.39, 0.29) is 26.3 Å². The lowest BCUT2D eigenvalue weighted by Crippen LogP contribution is -2.16. The molecule has 6 nitrogen and oxygen atoms in total. The van der Waals surface area contributed by atoms with Gasteiger partial charge >= 0.3 is 0 Å². The molecule has 0 saturated heterocycles. The number of rotatable bonds is 4. The molecule has 0 bridgehead atoms. The van der Waals surface area contributed by atoms with Crippen LogP contribution in [0.2, 0.25) is 10.0 Å². The van der Waals surface area contributed by atoms with Crippen molar-refractivity contribution in [1.29, 1.82) is 0 Å². The van der Waals surface area contributed by atoms with Gasteiger partial charge in [-0.15, -0.1) is 0 Å². The molecule has 20 heavy (non-hydrogen) atoms. The number of H-pyrrole nitrogens is 1. The number of benzene rings is 1. The predicted molar refractivity (Wildman–Crippen MR) is 79.5 cm³/mol. The van der Waals surface area contributed by atoms with Crippen LogP contribution in [-0.4, -0.2) is 23.7 Å². The number of nitrogens with zero attached hydrogens (tertiary/aromatic N) is 1. The Morgan fingerprint density at radius 1 is 1.35 bits per heavy atom. The van der Waals surface area contributed by atoms with Crippen molar-refractivity contribution in [3.63, 3.8) is 0 Å². The molecule has 3 N–H and O–H groups in total. The number of halogens is 3. The number of nitrogens with one attached hydrogen (secondary N) is 2. The molecule has 0 atom stereocenters. The van der Waals surface area contributed by atoms with E-state index in [1.54, 1.807) is 0 Å². The number of sulfonamides is 1. The molecular formula is C10H8BrCl2N3O3S. The second-order valence-corrected chi connectivity index (χ2v) is 7.08. The van der Waals surface area contributed by atoms with E-state index in [1.807, 2.05) is 0 Å². The fourth-order valence-electron chi connectivity index (χ4n) is 1.47. The molecular weight excluding hydrogens is 393 g/mol. The van der Waals surface area contributed by atoms with Gasteiger partial charge in [0.25, 0.3) is 10.0 Å². The van der Waals surface area contributed by atoms with Gasteiger partial charge in [0.2, 0.25) is 0 Å². The number of anilines is 1. The standard InChI is InChI=1S/C10H8BrCl2N3O3S/c11-6-1-7(12)9(8(13)2-6)16-20(18,19)10-5(4-17)3-14-15-10/h1-3,16-17H,4H2,(H,14,15).